The third-order valence-electron chi connectivity index (χ3n) is 3.36. The fourth-order valence-electron chi connectivity index (χ4n) is 2.14. The Morgan fingerprint density at radius 2 is 1.96 bits per heavy atom. The van der Waals surface area contributed by atoms with Gasteiger partial charge < -0.3 is 14.3 Å². The van der Waals surface area contributed by atoms with Gasteiger partial charge in [0.25, 0.3) is 0 Å². The summed E-state index contributed by atoms with van der Waals surface area (Å²) in [5.74, 6) is -0.234. The Kier molecular flexibility index (Phi) is 5.30. The van der Waals surface area contributed by atoms with Crippen molar-refractivity contribution < 1.29 is 32.3 Å². The fraction of sp³-hybridized carbons (Fsp3) is 0.429. The summed E-state index contributed by atoms with van der Waals surface area (Å²) in [5.41, 5.74) is 0.549. The maximum atomic E-state index is 12.7. The molecule has 1 heterocycles. The molecule has 0 unspecified atom stereocenters. The predicted molar refractivity (Wildman–Crippen MR) is 82.0 cm³/mol. The molecule has 1 amide bonds. The molecule has 0 saturated carbocycles. The second-order valence-electron chi connectivity index (χ2n) is 4.98. The van der Waals surface area contributed by atoms with Gasteiger partial charge in [-0.05, 0) is 29.1 Å². The summed E-state index contributed by atoms with van der Waals surface area (Å²) in [5, 5.41) is 0. The van der Waals surface area contributed by atoms with E-state index in [1.165, 1.54) is 14.0 Å². The summed E-state index contributed by atoms with van der Waals surface area (Å²) in [6.07, 6.45) is -1.01. The number of carbonyl (C=O) groups excluding carboxylic acids is 2. The zero-order valence-corrected chi connectivity index (χ0v) is 14.3. The van der Waals surface area contributed by atoms with Crippen molar-refractivity contribution in [3.05, 3.63) is 29.8 Å². The molecule has 2 rings (SSSR count). The maximum absolute atomic E-state index is 12.7. The molecule has 0 aromatic heterocycles. The Morgan fingerprint density at radius 3 is 2.42 bits per heavy atom. The van der Waals surface area contributed by atoms with Crippen LogP contribution in [0.4, 0.5) is 4.79 Å². The van der Waals surface area contributed by atoms with E-state index in [0.29, 0.717) is 20.1 Å². The molecule has 1 aromatic carbocycles. The summed E-state index contributed by atoms with van der Waals surface area (Å²) in [4.78, 5) is 27.8. The van der Waals surface area contributed by atoms with Gasteiger partial charge in [0.15, 0.2) is 0 Å². The van der Waals surface area contributed by atoms with Gasteiger partial charge in [-0.3, -0.25) is 4.79 Å². The first-order chi connectivity index (χ1) is 11.3. The van der Waals surface area contributed by atoms with Gasteiger partial charge in [-0.2, -0.15) is 12.7 Å². The molecular formula is C14H18N2O7S. The van der Waals surface area contributed by atoms with Crippen LogP contribution in [0.2, 0.25) is 0 Å². The van der Waals surface area contributed by atoms with Gasteiger partial charge >= 0.3 is 22.3 Å². The lowest BCUT2D eigenvalue weighted by atomic mass is 10.1. The Hall–Kier alpha value is -2.33. The van der Waals surface area contributed by atoms with Gasteiger partial charge in [0.05, 0.1) is 19.7 Å². The summed E-state index contributed by atoms with van der Waals surface area (Å²) in [6, 6.07) is 5.71. The van der Waals surface area contributed by atoms with E-state index in [2.05, 4.69) is 4.74 Å². The summed E-state index contributed by atoms with van der Waals surface area (Å²) >= 11 is 0. The molecule has 1 atom stereocenters. The van der Waals surface area contributed by atoms with Crippen molar-refractivity contribution in [3.8, 4) is 5.75 Å². The monoisotopic (exact) mass is 358 g/mol. The number of cyclic esters (lactones) is 1. The van der Waals surface area contributed by atoms with E-state index in [1.54, 1.807) is 24.3 Å². The number of ether oxygens (including phenoxy) is 2. The van der Waals surface area contributed by atoms with Crippen LogP contribution in [0.25, 0.3) is 0 Å². The van der Waals surface area contributed by atoms with Crippen molar-refractivity contribution in [1.29, 1.82) is 0 Å². The van der Waals surface area contributed by atoms with E-state index < -0.39 is 28.3 Å². The van der Waals surface area contributed by atoms with Crippen LogP contribution in [-0.2, 0) is 24.6 Å². The molecule has 1 saturated heterocycles. The zero-order valence-electron chi connectivity index (χ0n) is 13.5. The smallest absolute Gasteiger partial charge is 0.424 e. The fourth-order valence-corrected chi connectivity index (χ4v) is 3.60. The van der Waals surface area contributed by atoms with E-state index in [4.69, 9.17) is 9.57 Å². The van der Waals surface area contributed by atoms with E-state index in [0.717, 1.165) is 6.92 Å². The van der Waals surface area contributed by atoms with Crippen molar-refractivity contribution in [2.75, 3.05) is 20.3 Å². The number of carbonyl (C=O) groups is 2. The van der Waals surface area contributed by atoms with Crippen LogP contribution in [0.15, 0.2) is 24.3 Å². The highest BCUT2D eigenvalue weighted by Crippen LogP contribution is 2.28. The van der Waals surface area contributed by atoms with Crippen LogP contribution in [0.3, 0.4) is 0 Å². The van der Waals surface area contributed by atoms with E-state index >= 15 is 0 Å². The Balaban J connectivity index is 2.36. The topological polar surface area (TPSA) is 102 Å². The third kappa shape index (κ3) is 3.60. The van der Waals surface area contributed by atoms with Gasteiger partial charge in [-0.15, -0.1) is 0 Å². The molecule has 0 bridgehead atoms. The molecule has 1 aliphatic rings. The van der Waals surface area contributed by atoms with E-state index in [-0.39, 0.29) is 13.2 Å². The highest BCUT2D eigenvalue weighted by atomic mass is 32.2. The molecule has 9 nitrogen and oxygen atoms in total. The Bertz CT molecular complexity index is 717. The first kappa shape index (κ1) is 18.0. The standard InChI is InChI=1S/C14H18N2O7S/c1-10(12-4-6-13(21-3)7-5-12)16(23-11(2)17)24(19,20)15-8-9-22-14(15)18/h4-7,10H,8-9H2,1-3H3/t10-/m0/s1. The van der Waals surface area contributed by atoms with Crippen molar-refractivity contribution in [3.63, 3.8) is 0 Å². The molecule has 0 N–H and O–H groups in total. The molecule has 0 aliphatic carbocycles. The van der Waals surface area contributed by atoms with Crippen molar-refractivity contribution >= 4 is 22.3 Å². The molecule has 0 radical (unpaired) electrons. The molecule has 10 heteroatoms. The molecule has 132 valence electrons. The summed E-state index contributed by atoms with van der Waals surface area (Å²) < 4.78 is 36.1. The van der Waals surface area contributed by atoms with Gasteiger partial charge in [0.1, 0.15) is 12.4 Å². The SMILES string of the molecule is COc1ccc([C@H](C)N(OC(C)=O)S(=O)(=O)N2CCOC2=O)cc1. The molecule has 1 fully saturated rings. The lowest BCUT2D eigenvalue weighted by Crippen LogP contribution is -2.46. The first-order valence-electron chi connectivity index (χ1n) is 7.08. The summed E-state index contributed by atoms with van der Waals surface area (Å²) in [7, 11) is -2.88. The molecule has 24 heavy (non-hydrogen) atoms. The van der Waals surface area contributed by atoms with E-state index in [9.17, 15) is 18.0 Å². The Labute approximate surface area is 139 Å². The minimum Gasteiger partial charge on any atom is -0.497 e. The molecule has 1 aliphatic heterocycles. The van der Waals surface area contributed by atoms with Crippen molar-refractivity contribution in [2.24, 2.45) is 0 Å². The van der Waals surface area contributed by atoms with Gasteiger partial charge in [-0.25, -0.2) is 4.79 Å². The van der Waals surface area contributed by atoms with Gasteiger partial charge in [0, 0.05) is 6.92 Å². The predicted octanol–water partition coefficient (Wildman–Crippen LogP) is 1.23. The van der Waals surface area contributed by atoms with Crippen molar-refractivity contribution in [2.45, 2.75) is 19.9 Å². The number of methoxy groups -OCH3 is 1. The van der Waals surface area contributed by atoms with Crippen LogP contribution >= 0.6 is 0 Å². The minimum atomic E-state index is -4.39. The lowest BCUT2D eigenvalue weighted by Gasteiger charge is -2.28. The van der Waals surface area contributed by atoms with Crippen LogP contribution in [0.1, 0.15) is 25.5 Å². The highest BCUT2D eigenvalue weighted by molar-refractivity contribution is 7.87. The van der Waals surface area contributed by atoms with Crippen molar-refractivity contribution in [1.82, 2.24) is 8.77 Å². The summed E-state index contributed by atoms with van der Waals surface area (Å²) in [6.45, 7) is 2.41. The van der Waals surface area contributed by atoms with E-state index in [1.807, 2.05) is 0 Å². The molecular weight excluding hydrogens is 340 g/mol. The van der Waals surface area contributed by atoms with Crippen LogP contribution in [-0.4, -0.2) is 49.5 Å². The first-order valence-corrected chi connectivity index (χ1v) is 8.48. The largest absolute Gasteiger partial charge is 0.497 e. The maximum Gasteiger partial charge on any atom is 0.424 e. The average molecular weight is 358 g/mol. The minimum absolute atomic E-state index is 0.0527. The van der Waals surface area contributed by atoms with Crippen LogP contribution in [0.5, 0.6) is 5.75 Å². The molecule has 1 aromatic rings. The molecule has 0 spiro atoms. The number of rotatable bonds is 6. The quantitative estimate of drug-likeness (QED) is 0.705. The number of hydrogen-bond donors (Lipinski definition) is 0. The normalized spacial score (nSPS) is 16.0. The van der Waals surface area contributed by atoms with Gasteiger partial charge in [0.2, 0.25) is 0 Å². The number of nitrogens with zero attached hydrogens (tertiary/aromatic N) is 2. The number of benzene rings is 1. The van der Waals surface area contributed by atoms with Crippen LogP contribution < -0.4 is 4.74 Å². The lowest BCUT2D eigenvalue weighted by molar-refractivity contribution is -0.173. The zero-order chi connectivity index (χ0) is 17.9. The van der Waals surface area contributed by atoms with Gasteiger partial charge in [-0.1, -0.05) is 12.1 Å². The number of hydroxylamine groups is 1. The number of amides is 1. The highest BCUT2D eigenvalue weighted by Gasteiger charge is 2.42. The average Bonchev–Trinajstić information content (AvgIpc) is 2.98. The second-order valence-corrected chi connectivity index (χ2v) is 6.68. The second kappa shape index (κ2) is 7.05. The number of hydrogen-bond acceptors (Lipinski definition) is 7. The van der Waals surface area contributed by atoms with Crippen LogP contribution in [0, 0.1) is 0 Å². The third-order valence-corrected chi connectivity index (χ3v) is 5.10. The Morgan fingerprint density at radius 1 is 1.33 bits per heavy atom.